The molecule has 1 aliphatic rings. The van der Waals surface area contributed by atoms with E-state index in [9.17, 15) is 8.42 Å². The topological polar surface area (TPSA) is 64.6 Å². The molecule has 0 heterocycles. The third-order valence-electron chi connectivity index (χ3n) is 4.19. The van der Waals surface area contributed by atoms with Crippen molar-refractivity contribution in [2.24, 2.45) is 5.92 Å². The molecule has 6 heteroatoms. The lowest BCUT2D eigenvalue weighted by Gasteiger charge is -2.19. The lowest BCUT2D eigenvalue weighted by atomic mass is 10.1. The van der Waals surface area contributed by atoms with Gasteiger partial charge in [-0.3, -0.25) is 0 Å². The predicted octanol–water partition coefficient (Wildman–Crippen LogP) is 2.87. The van der Waals surface area contributed by atoms with Crippen molar-refractivity contribution in [3.8, 4) is 11.5 Å². The second kappa shape index (κ2) is 7.33. The van der Waals surface area contributed by atoms with E-state index >= 15 is 0 Å². The van der Waals surface area contributed by atoms with E-state index in [4.69, 9.17) is 9.47 Å². The Labute approximate surface area is 133 Å². The van der Waals surface area contributed by atoms with E-state index < -0.39 is 10.0 Å². The smallest absolute Gasteiger partial charge is 0.212 e. The standard InChI is InChI=1S/C16H25NO4S/c1-12(15-10-14(20-2)8-9-16(15)21-3)17-22(18,19)11-13-6-4-5-7-13/h8-10,12-13,17H,4-7,11H2,1-3H3. The summed E-state index contributed by atoms with van der Waals surface area (Å²) in [6.07, 6.45) is 4.30. The lowest BCUT2D eigenvalue weighted by molar-refractivity contribution is 0.395. The van der Waals surface area contributed by atoms with Crippen molar-refractivity contribution in [2.75, 3.05) is 20.0 Å². The van der Waals surface area contributed by atoms with Crippen LogP contribution in [0.15, 0.2) is 18.2 Å². The van der Waals surface area contributed by atoms with E-state index in [2.05, 4.69) is 4.72 Å². The number of sulfonamides is 1. The van der Waals surface area contributed by atoms with Gasteiger partial charge >= 0.3 is 0 Å². The number of ether oxygens (including phenoxy) is 2. The maximum absolute atomic E-state index is 12.3. The van der Waals surface area contributed by atoms with Crippen LogP contribution < -0.4 is 14.2 Å². The molecule has 1 unspecified atom stereocenters. The Morgan fingerprint density at radius 2 is 1.91 bits per heavy atom. The summed E-state index contributed by atoms with van der Waals surface area (Å²) < 4.78 is 38.0. The molecule has 0 spiro atoms. The Morgan fingerprint density at radius 3 is 2.50 bits per heavy atom. The highest BCUT2D eigenvalue weighted by Crippen LogP contribution is 2.30. The fourth-order valence-electron chi connectivity index (χ4n) is 3.05. The van der Waals surface area contributed by atoms with Crippen molar-refractivity contribution in [3.63, 3.8) is 0 Å². The van der Waals surface area contributed by atoms with Gasteiger partial charge in [0.2, 0.25) is 10.0 Å². The van der Waals surface area contributed by atoms with E-state index in [1.165, 1.54) is 0 Å². The maximum Gasteiger partial charge on any atom is 0.212 e. The van der Waals surface area contributed by atoms with E-state index in [-0.39, 0.29) is 17.7 Å². The van der Waals surface area contributed by atoms with Crippen LogP contribution in [0, 0.1) is 5.92 Å². The molecule has 1 atom stereocenters. The monoisotopic (exact) mass is 327 g/mol. The number of nitrogens with one attached hydrogen (secondary N) is 1. The van der Waals surface area contributed by atoms with Crippen molar-refractivity contribution in [1.29, 1.82) is 0 Å². The number of hydrogen-bond donors (Lipinski definition) is 1. The normalized spacial score (nSPS) is 17.4. The second-order valence-corrected chi connectivity index (χ2v) is 7.68. The van der Waals surface area contributed by atoms with Gasteiger partial charge in [0.05, 0.1) is 20.0 Å². The highest BCUT2D eigenvalue weighted by atomic mass is 32.2. The molecule has 0 radical (unpaired) electrons. The molecule has 1 aromatic rings. The van der Waals surface area contributed by atoms with Gasteiger partial charge < -0.3 is 9.47 Å². The lowest BCUT2D eigenvalue weighted by Crippen LogP contribution is -2.31. The van der Waals surface area contributed by atoms with Crippen molar-refractivity contribution >= 4 is 10.0 Å². The van der Waals surface area contributed by atoms with Crippen molar-refractivity contribution in [3.05, 3.63) is 23.8 Å². The molecule has 2 rings (SSSR count). The van der Waals surface area contributed by atoms with Gasteiger partial charge in [-0.1, -0.05) is 12.8 Å². The van der Waals surface area contributed by atoms with Crippen molar-refractivity contribution in [1.82, 2.24) is 4.72 Å². The summed E-state index contributed by atoms with van der Waals surface area (Å²) in [5.74, 6) is 1.83. The Kier molecular flexibility index (Phi) is 5.69. The minimum atomic E-state index is -3.30. The van der Waals surface area contributed by atoms with Gasteiger partial charge in [0.1, 0.15) is 11.5 Å². The zero-order valence-electron chi connectivity index (χ0n) is 13.5. The maximum atomic E-state index is 12.3. The van der Waals surface area contributed by atoms with Crippen LogP contribution in [-0.2, 0) is 10.0 Å². The van der Waals surface area contributed by atoms with Crippen LogP contribution in [0.4, 0.5) is 0 Å². The summed E-state index contributed by atoms with van der Waals surface area (Å²) in [6, 6.07) is 5.02. The minimum Gasteiger partial charge on any atom is -0.497 e. The highest BCUT2D eigenvalue weighted by Gasteiger charge is 2.25. The molecule has 124 valence electrons. The van der Waals surface area contributed by atoms with Gasteiger partial charge in [-0.15, -0.1) is 0 Å². The van der Waals surface area contributed by atoms with Crippen LogP contribution in [0.25, 0.3) is 0 Å². The zero-order valence-corrected chi connectivity index (χ0v) is 14.3. The van der Waals surface area contributed by atoms with Crippen LogP contribution in [0.1, 0.15) is 44.2 Å². The molecule has 1 aromatic carbocycles. The predicted molar refractivity (Wildman–Crippen MR) is 86.8 cm³/mol. The van der Waals surface area contributed by atoms with Crippen LogP contribution >= 0.6 is 0 Å². The van der Waals surface area contributed by atoms with Gasteiger partial charge in [-0.25, -0.2) is 13.1 Å². The average molecular weight is 327 g/mol. The Bertz CT molecular complexity index is 594. The number of methoxy groups -OCH3 is 2. The third-order valence-corrected chi connectivity index (χ3v) is 5.81. The molecule has 1 saturated carbocycles. The summed E-state index contributed by atoms with van der Waals surface area (Å²) in [7, 11) is -0.145. The van der Waals surface area contributed by atoms with E-state index in [1.807, 2.05) is 13.0 Å². The molecule has 0 amide bonds. The van der Waals surface area contributed by atoms with Gasteiger partial charge in [0, 0.05) is 11.6 Å². The molecular weight excluding hydrogens is 302 g/mol. The Morgan fingerprint density at radius 1 is 1.23 bits per heavy atom. The molecule has 0 aromatic heterocycles. The molecule has 5 nitrogen and oxygen atoms in total. The van der Waals surface area contributed by atoms with E-state index in [1.54, 1.807) is 26.4 Å². The first-order chi connectivity index (χ1) is 10.4. The zero-order chi connectivity index (χ0) is 16.2. The quantitative estimate of drug-likeness (QED) is 0.836. The fraction of sp³-hybridized carbons (Fsp3) is 0.625. The molecule has 1 fully saturated rings. The van der Waals surface area contributed by atoms with Gasteiger partial charge in [0.25, 0.3) is 0 Å². The molecule has 1 aliphatic carbocycles. The molecule has 22 heavy (non-hydrogen) atoms. The second-order valence-electron chi connectivity index (χ2n) is 5.88. The average Bonchev–Trinajstić information content (AvgIpc) is 2.97. The first-order valence-electron chi connectivity index (χ1n) is 7.67. The molecular formula is C16H25NO4S. The van der Waals surface area contributed by atoms with E-state index in [0.29, 0.717) is 11.5 Å². The fourth-order valence-corrected chi connectivity index (χ4v) is 4.76. The van der Waals surface area contributed by atoms with Crippen LogP contribution in [-0.4, -0.2) is 28.4 Å². The highest BCUT2D eigenvalue weighted by molar-refractivity contribution is 7.89. The molecule has 0 bridgehead atoms. The van der Waals surface area contributed by atoms with Crippen LogP contribution in [0.3, 0.4) is 0 Å². The van der Waals surface area contributed by atoms with E-state index in [0.717, 1.165) is 31.2 Å². The number of hydrogen-bond acceptors (Lipinski definition) is 4. The van der Waals surface area contributed by atoms with Crippen LogP contribution in [0.5, 0.6) is 11.5 Å². The molecule has 0 saturated heterocycles. The van der Waals surface area contributed by atoms with Crippen LogP contribution in [0.2, 0.25) is 0 Å². The number of rotatable bonds is 7. The summed E-state index contributed by atoms with van der Waals surface area (Å²) in [5.41, 5.74) is 0.775. The summed E-state index contributed by atoms with van der Waals surface area (Å²) in [5, 5.41) is 0. The Balaban J connectivity index is 2.11. The largest absolute Gasteiger partial charge is 0.497 e. The van der Waals surface area contributed by atoms with Gasteiger partial charge in [0.15, 0.2) is 0 Å². The van der Waals surface area contributed by atoms with Crippen molar-refractivity contribution in [2.45, 2.75) is 38.6 Å². The number of benzene rings is 1. The molecule has 1 N–H and O–H groups in total. The SMILES string of the molecule is COc1ccc(OC)c(C(C)NS(=O)(=O)CC2CCCC2)c1. The Hall–Kier alpha value is -1.27. The van der Waals surface area contributed by atoms with Gasteiger partial charge in [-0.2, -0.15) is 0 Å². The first-order valence-corrected chi connectivity index (χ1v) is 9.32. The summed E-state index contributed by atoms with van der Waals surface area (Å²) in [6.45, 7) is 1.82. The summed E-state index contributed by atoms with van der Waals surface area (Å²) >= 11 is 0. The molecule has 0 aliphatic heterocycles. The minimum absolute atomic E-state index is 0.212. The summed E-state index contributed by atoms with van der Waals surface area (Å²) in [4.78, 5) is 0. The third kappa shape index (κ3) is 4.36. The van der Waals surface area contributed by atoms with Crippen molar-refractivity contribution < 1.29 is 17.9 Å². The van der Waals surface area contributed by atoms with Gasteiger partial charge in [-0.05, 0) is 43.9 Å². The first kappa shape index (κ1) is 17.1.